The van der Waals surface area contributed by atoms with Crippen LogP contribution in [-0.2, 0) is 25.7 Å². The van der Waals surface area contributed by atoms with Gasteiger partial charge < -0.3 is 25.6 Å². The van der Waals surface area contributed by atoms with Crippen LogP contribution in [0.2, 0.25) is 0 Å². The van der Waals surface area contributed by atoms with Crippen molar-refractivity contribution in [3.63, 3.8) is 0 Å². The Morgan fingerprint density at radius 3 is 2.08 bits per heavy atom. The SMILES string of the molecule is O=C1CCC(N2C(=O)c3ccc(NCCCCCCCCCCCCCCCC(=O)c4cc5cc(N6CCC(O)(C(=O)NCc7cc(F)cc(F)c7)C6=O)ccc5[nH]4)cc3C2=O)C(=O)N1. The predicted octanol–water partition coefficient (Wildman–Crippen LogP) is 7.39. The molecule has 2 atom stereocenters. The maximum Gasteiger partial charge on any atom is 0.268 e. The Bertz CT molecular complexity index is 2450. The lowest BCUT2D eigenvalue weighted by Gasteiger charge is -2.27. The summed E-state index contributed by atoms with van der Waals surface area (Å²) in [6.45, 7) is 0.561. The van der Waals surface area contributed by atoms with Crippen molar-refractivity contribution in [1.29, 1.82) is 0 Å². The van der Waals surface area contributed by atoms with Gasteiger partial charge in [-0.05, 0) is 79.4 Å². The van der Waals surface area contributed by atoms with Crippen molar-refractivity contribution in [2.24, 2.45) is 0 Å². The van der Waals surface area contributed by atoms with Crippen LogP contribution >= 0.6 is 0 Å². The van der Waals surface area contributed by atoms with Crippen LogP contribution in [0, 0.1) is 11.6 Å². The fourth-order valence-corrected chi connectivity index (χ4v) is 8.95. The van der Waals surface area contributed by atoms with E-state index >= 15 is 0 Å². The smallest absolute Gasteiger partial charge is 0.268 e. The summed E-state index contributed by atoms with van der Waals surface area (Å²) in [5.74, 6) is -5.39. The van der Waals surface area contributed by atoms with Gasteiger partial charge in [0.1, 0.15) is 17.7 Å². The van der Waals surface area contributed by atoms with Crippen LogP contribution in [-0.4, -0.2) is 80.9 Å². The van der Waals surface area contributed by atoms with Crippen molar-refractivity contribution in [1.82, 2.24) is 20.5 Å². The first kappa shape index (κ1) is 46.7. The minimum Gasteiger partial charge on any atom is -0.385 e. The molecule has 65 heavy (non-hydrogen) atoms. The molecule has 6 amide bonds. The number of carbonyl (C=O) groups excluding carboxylic acids is 7. The van der Waals surface area contributed by atoms with Crippen molar-refractivity contribution in [2.45, 2.75) is 127 Å². The van der Waals surface area contributed by atoms with Gasteiger partial charge >= 0.3 is 0 Å². The standard InChI is InChI=1S/C49H56F2N6O8/c50-33-24-31(25-34(51)28-33)30-53-47(63)49(65)21-23-56(48(49)64)36-16-18-39-32(26-36)27-40(54-39)42(58)14-12-10-8-6-4-2-1-3-5-7-9-11-13-22-52-35-15-17-37-38(29-35)46(62)57(45(37)61)41-19-20-43(59)55-44(41)60/h15-18,24-29,41,52,54,65H,1-14,19-23,30H2,(H,53,63)(H,55,59,60). The van der Waals surface area contributed by atoms with Gasteiger partial charge in [-0.25, -0.2) is 8.78 Å². The highest BCUT2D eigenvalue weighted by atomic mass is 19.1. The number of aromatic nitrogens is 1. The van der Waals surface area contributed by atoms with Gasteiger partial charge in [0, 0.05) is 67.2 Å². The van der Waals surface area contributed by atoms with E-state index < -0.39 is 58.7 Å². The van der Waals surface area contributed by atoms with Gasteiger partial charge in [-0.3, -0.25) is 43.8 Å². The summed E-state index contributed by atoms with van der Waals surface area (Å²) in [7, 11) is 0. The number of amides is 6. The number of nitrogens with one attached hydrogen (secondary N) is 4. The van der Waals surface area contributed by atoms with Crippen molar-refractivity contribution in [3.05, 3.63) is 94.7 Å². The molecule has 14 nitrogen and oxygen atoms in total. The van der Waals surface area contributed by atoms with Crippen LogP contribution in [0.3, 0.4) is 0 Å². The molecule has 1 aromatic heterocycles. The summed E-state index contributed by atoms with van der Waals surface area (Å²) in [6.07, 6.45) is 14.9. The van der Waals surface area contributed by atoms with E-state index in [9.17, 15) is 47.4 Å². The minimum absolute atomic E-state index is 0.0117. The number of rotatable bonds is 23. The van der Waals surface area contributed by atoms with E-state index in [1.807, 2.05) is 0 Å². The van der Waals surface area contributed by atoms with Gasteiger partial charge in [0.15, 0.2) is 5.78 Å². The summed E-state index contributed by atoms with van der Waals surface area (Å²) in [6, 6.07) is 13.8. The fourth-order valence-electron chi connectivity index (χ4n) is 8.95. The number of benzene rings is 3. The topological polar surface area (TPSA) is 198 Å². The molecule has 2 fully saturated rings. The Labute approximate surface area is 375 Å². The number of nitrogens with zero attached hydrogens (tertiary/aromatic N) is 2. The second kappa shape index (κ2) is 21.1. The number of halogens is 2. The molecule has 5 N–H and O–H groups in total. The molecule has 0 bridgehead atoms. The number of hydrogen-bond acceptors (Lipinski definition) is 9. The highest BCUT2D eigenvalue weighted by Gasteiger charge is 2.52. The van der Waals surface area contributed by atoms with Gasteiger partial charge in [0.2, 0.25) is 17.4 Å². The number of anilines is 2. The fraction of sp³-hybridized carbons (Fsp3) is 0.449. The van der Waals surface area contributed by atoms with E-state index in [2.05, 4.69) is 20.9 Å². The monoisotopic (exact) mass is 894 g/mol. The number of Topliss-reactive ketones (excluding diaryl/α,β-unsaturated/α-hetero) is 1. The molecule has 3 aliphatic heterocycles. The Morgan fingerprint density at radius 2 is 1.40 bits per heavy atom. The maximum atomic E-state index is 13.5. The molecule has 3 aliphatic rings. The van der Waals surface area contributed by atoms with E-state index in [1.165, 1.54) is 43.4 Å². The number of hydrogen-bond donors (Lipinski definition) is 5. The first-order valence-electron chi connectivity index (χ1n) is 22.9. The van der Waals surface area contributed by atoms with Crippen molar-refractivity contribution < 1.29 is 47.4 Å². The van der Waals surface area contributed by atoms with Crippen LogP contribution in [0.4, 0.5) is 20.2 Å². The van der Waals surface area contributed by atoms with Crippen LogP contribution in [0.1, 0.15) is 146 Å². The van der Waals surface area contributed by atoms with E-state index in [4.69, 9.17) is 0 Å². The number of ketones is 1. The minimum atomic E-state index is -2.33. The van der Waals surface area contributed by atoms with Crippen molar-refractivity contribution in [2.75, 3.05) is 23.3 Å². The number of H-pyrrole nitrogens is 1. The Balaban J connectivity index is 0.707. The second-order valence-electron chi connectivity index (χ2n) is 17.4. The molecule has 16 heteroatoms. The van der Waals surface area contributed by atoms with Crippen molar-refractivity contribution in [3.8, 4) is 0 Å². The second-order valence-corrected chi connectivity index (χ2v) is 17.4. The third kappa shape index (κ3) is 11.2. The first-order chi connectivity index (χ1) is 31.3. The van der Waals surface area contributed by atoms with Crippen LogP contribution in [0.5, 0.6) is 0 Å². The third-order valence-corrected chi connectivity index (χ3v) is 12.6. The molecule has 2 unspecified atom stereocenters. The maximum absolute atomic E-state index is 13.5. The third-order valence-electron chi connectivity index (χ3n) is 12.6. The van der Waals surface area contributed by atoms with Crippen LogP contribution in [0.25, 0.3) is 10.9 Å². The highest BCUT2D eigenvalue weighted by Crippen LogP contribution is 2.32. The molecular weight excluding hydrogens is 839 g/mol. The molecule has 0 radical (unpaired) electrons. The number of aliphatic hydroxyl groups is 1. The van der Waals surface area contributed by atoms with Gasteiger partial charge in [-0.2, -0.15) is 0 Å². The molecule has 0 aliphatic carbocycles. The van der Waals surface area contributed by atoms with E-state index in [0.29, 0.717) is 23.9 Å². The number of imide groups is 2. The Hall–Kier alpha value is -6.29. The van der Waals surface area contributed by atoms with Crippen LogP contribution < -0.4 is 20.9 Å². The zero-order valence-electron chi connectivity index (χ0n) is 36.4. The lowest BCUT2D eigenvalue weighted by Crippen LogP contribution is -2.54. The molecule has 344 valence electrons. The zero-order valence-corrected chi connectivity index (χ0v) is 36.4. The molecule has 0 saturated carbocycles. The summed E-state index contributed by atoms with van der Waals surface area (Å²) in [5.41, 5.74) is 0.796. The van der Waals surface area contributed by atoms with E-state index in [-0.39, 0.29) is 54.8 Å². The average Bonchev–Trinajstić information content (AvgIpc) is 3.92. The molecule has 2 saturated heterocycles. The van der Waals surface area contributed by atoms with Crippen molar-refractivity contribution >= 4 is 63.5 Å². The number of aromatic amines is 1. The number of carbonyl (C=O) groups is 7. The molecule has 0 spiro atoms. The number of unbranched alkanes of at least 4 members (excludes halogenated alkanes) is 12. The van der Waals surface area contributed by atoms with E-state index in [0.717, 1.165) is 85.1 Å². The molecular formula is C49H56F2N6O8. The molecule has 4 aromatic rings. The normalized spacial score (nSPS) is 18.4. The highest BCUT2D eigenvalue weighted by molar-refractivity contribution is 6.24. The summed E-state index contributed by atoms with van der Waals surface area (Å²) in [5, 5.41) is 19.7. The Kier molecular flexibility index (Phi) is 15.2. The van der Waals surface area contributed by atoms with Gasteiger partial charge in [0.05, 0.1) is 16.8 Å². The first-order valence-corrected chi connectivity index (χ1v) is 22.9. The zero-order chi connectivity index (χ0) is 46.1. The Morgan fingerprint density at radius 1 is 0.754 bits per heavy atom. The molecule has 3 aromatic carbocycles. The van der Waals surface area contributed by atoms with Gasteiger partial charge in [-0.1, -0.05) is 70.6 Å². The predicted molar refractivity (Wildman–Crippen MR) is 239 cm³/mol. The molecule has 4 heterocycles. The lowest BCUT2D eigenvalue weighted by molar-refractivity contribution is -0.149. The largest absolute Gasteiger partial charge is 0.385 e. The van der Waals surface area contributed by atoms with E-state index in [1.54, 1.807) is 42.5 Å². The summed E-state index contributed by atoms with van der Waals surface area (Å²) >= 11 is 0. The number of fused-ring (bicyclic) bond motifs is 2. The quantitative estimate of drug-likeness (QED) is 0.0218. The lowest BCUT2D eigenvalue weighted by atomic mass is 10.0. The van der Waals surface area contributed by atoms with Crippen LogP contribution in [0.15, 0.2) is 60.7 Å². The average molecular weight is 895 g/mol. The van der Waals surface area contributed by atoms with Gasteiger partial charge in [-0.15, -0.1) is 0 Å². The summed E-state index contributed by atoms with van der Waals surface area (Å²) < 4.78 is 27.1. The summed E-state index contributed by atoms with van der Waals surface area (Å²) in [4.78, 5) is 94.4. The number of piperidine rings is 1. The molecule has 7 rings (SSSR count). The van der Waals surface area contributed by atoms with Gasteiger partial charge in [0.25, 0.3) is 23.6 Å².